The number of aromatic nitrogens is 1. The lowest BCUT2D eigenvalue weighted by molar-refractivity contribution is -0.133. The average molecular weight is 388 g/mol. The number of aryl methyl sites for hydroxylation is 1. The zero-order chi connectivity index (χ0) is 20.6. The SMILES string of the molecule is Cc1ccc([C@]2(C)NC(=O)N(CC(=O)Nc3cccc4ncccc34)C2=O)cc1. The molecule has 1 aliphatic rings. The first-order valence-corrected chi connectivity index (χ1v) is 9.23. The zero-order valence-electron chi connectivity index (χ0n) is 16.1. The fourth-order valence-electron chi connectivity index (χ4n) is 3.47. The molecule has 1 saturated heterocycles. The highest BCUT2D eigenvalue weighted by Gasteiger charge is 2.49. The first-order chi connectivity index (χ1) is 13.9. The molecular weight excluding hydrogens is 368 g/mol. The minimum absolute atomic E-state index is 0.372. The second-order valence-electron chi connectivity index (χ2n) is 7.24. The van der Waals surface area contributed by atoms with E-state index in [1.807, 2.05) is 31.2 Å². The van der Waals surface area contributed by atoms with Crippen LogP contribution in [-0.2, 0) is 15.1 Å². The molecular formula is C22H20N4O3. The summed E-state index contributed by atoms with van der Waals surface area (Å²) in [6.45, 7) is 3.22. The van der Waals surface area contributed by atoms with Gasteiger partial charge in [-0.05, 0) is 43.7 Å². The number of hydrogen-bond donors (Lipinski definition) is 2. The standard InChI is InChI=1S/C22H20N4O3/c1-14-8-10-15(11-9-14)22(2)20(28)26(21(29)25-22)13-19(27)24-18-7-3-6-17-16(18)5-4-12-23-17/h3-12H,13H2,1-2H3,(H,24,27)(H,25,29)/t22-/m0/s1. The lowest BCUT2D eigenvalue weighted by Crippen LogP contribution is -2.42. The van der Waals surface area contributed by atoms with Crippen molar-refractivity contribution in [3.63, 3.8) is 0 Å². The molecule has 7 heteroatoms. The maximum absolute atomic E-state index is 13.0. The molecule has 1 aliphatic heterocycles. The van der Waals surface area contributed by atoms with Gasteiger partial charge < -0.3 is 10.6 Å². The number of nitrogens with zero attached hydrogens (tertiary/aromatic N) is 2. The van der Waals surface area contributed by atoms with Crippen molar-refractivity contribution in [2.45, 2.75) is 19.4 Å². The Hall–Kier alpha value is -3.74. The third-order valence-electron chi connectivity index (χ3n) is 5.13. The van der Waals surface area contributed by atoms with Crippen LogP contribution in [0, 0.1) is 6.92 Å². The lowest BCUT2D eigenvalue weighted by Gasteiger charge is -2.22. The maximum Gasteiger partial charge on any atom is 0.325 e. The summed E-state index contributed by atoms with van der Waals surface area (Å²) in [6, 6.07) is 15.8. The Balaban J connectivity index is 1.53. The molecule has 2 aromatic carbocycles. The molecule has 0 aliphatic carbocycles. The molecule has 0 radical (unpaired) electrons. The third kappa shape index (κ3) is 3.31. The summed E-state index contributed by atoms with van der Waals surface area (Å²) in [4.78, 5) is 43.2. The van der Waals surface area contributed by atoms with Gasteiger partial charge in [0.1, 0.15) is 12.1 Å². The van der Waals surface area contributed by atoms with Crippen molar-refractivity contribution in [1.82, 2.24) is 15.2 Å². The highest BCUT2D eigenvalue weighted by molar-refractivity contribution is 6.11. The van der Waals surface area contributed by atoms with Crippen LogP contribution in [0.5, 0.6) is 0 Å². The fraction of sp³-hybridized carbons (Fsp3) is 0.182. The van der Waals surface area contributed by atoms with E-state index in [0.29, 0.717) is 11.3 Å². The molecule has 146 valence electrons. The molecule has 0 spiro atoms. The van der Waals surface area contributed by atoms with Crippen molar-refractivity contribution in [3.8, 4) is 0 Å². The molecule has 4 rings (SSSR count). The molecule has 7 nitrogen and oxygen atoms in total. The first-order valence-electron chi connectivity index (χ1n) is 9.23. The Bertz CT molecular complexity index is 1120. The topological polar surface area (TPSA) is 91.4 Å². The van der Waals surface area contributed by atoms with E-state index in [0.717, 1.165) is 21.4 Å². The van der Waals surface area contributed by atoms with Crippen LogP contribution in [0.2, 0.25) is 0 Å². The van der Waals surface area contributed by atoms with Gasteiger partial charge in [-0.25, -0.2) is 4.79 Å². The van der Waals surface area contributed by atoms with Crippen LogP contribution in [0.3, 0.4) is 0 Å². The van der Waals surface area contributed by atoms with Gasteiger partial charge in [0, 0.05) is 11.6 Å². The van der Waals surface area contributed by atoms with E-state index in [2.05, 4.69) is 15.6 Å². The number of nitrogens with one attached hydrogen (secondary N) is 2. The van der Waals surface area contributed by atoms with Crippen LogP contribution < -0.4 is 10.6 Å². The van der Waals surface area contributed by atoms with Crippen LogP contribution in [-0.4, -0.2) is 34.3 Å². The maximum atomic E-state index is 13.0. The predicted octanol–water partition coefficient (Wildman–Crippen LogP) is 2.95. The Morgan fingerprint density at radius 1 is 1.10 bits per heavy atom. The summed E-state index contributed by atoms with van der Waals surface area (Å²) in [7, 11) is 0. The van der Waals surface area contributed by atoms with Crippen molar-refractivity contribution >= 4 is 34.4 Å². The molecule has 0 bridgehead atoms. The largest absolute Gasteiger partial charge is 0.325 e. The van der Waals surface area contributed by atoms with E-state index in [4.69, 9.17) is 0 Å². The van der Waals surface area contributed by atoms with E-state index in [-0.39, 0.29) is 6.54 Å². The quantitative estimate of drug-likeness (QED) is 0.672. The number of anilines is 1. The number of carbonyl (C=O) groups is 3. The van der Waals surface area contributed by atoms with Crippen molar-refractivity contribution in [2.75, 3.05) is 11.9 Å². The van der Waals surface area contributed by atoms with Crippen molar-refractivity contribution in [3.05, 3.63) is 71.9 Å². The molecule has 4 amide bonds. The van der Waals surface area contributed by atoms with Gasteiger partial charge in [0.25, 0.3) is 5.91 Å². The van der Waals surface area contributed by atoms with Crippen molar-refractivity contribution < 1.29 is 14.4 Å². The summed E-state index contributed by atoms with van der Waals surface area (Å²) in [5.41, 5.74) is 1.84. The van der Waals surface area contributed by atoms with E-state index < -0.39 is 23.4 Å². The Morgan fingerprint density at radius 2 is 1.86 bits per heavy atom. The third-order valence-corrected chi connectivity index (χ3v) is 5.13. The number of urea groups is 1. The molecule has 1 fully saturated rings. The monoisotopic (exact) mass is 388 g/mol. The number of amides is 4. The molecule has 2 heterocycles. The minimum atomic E-state index is -1.20. The second kappa shape index (κ2) is 7.01. The number of benzene rings is 2. The Labute approximate surface area is 167 Å². The molecule has 29 heavy (non-hydrogen) atoms. The van der Waals surface area contributed by atoms with Gasteiger partial charge in [-0.1, -0.05) is 35.9 Å². The van der Waals surface area contributed by atoms with Crippen LogP contribution in [0.1, 0.15) is 18.1 Å². The number of rotatable bonds is 4. The number of hydrogen-bond acceptors (Lipinski definition) is 4. The Morgan fingerprint density at radius 3 is 2.62 bits per heavy atom. The predicted molar refractivity (Wildman–Crippen MR) is 109 cm³/mol. The fourth-order valence-corrected chi connectivity index (χ4v) is 3.47. The van der Waals surface area contributed by atoms with Gasteiger partial charge in [-0.2, -0.15) is 0 Å². The van der Waals surface area contributed by atoms with E-state index >= 15 is 0 Å². The second-order valence-corrected chi connectivity index (χ2v) is 7.24. The van der Waals surface area contributed by atoms with Gasteiger partial charge in [-0.15, -0.1) is 0 Å². The normalized spacial score (nSPS) is 18.8. The smallest absolute Gasteiger partial charge is 0.324 e. The number of pyridine rings is 1. The molecule has 1 aromatic heterocycles. The van der Waals surface area contributed by atoms with E-state index in [1.165, 1.54) is 0 Å². The molecule has 2 N–H and O–H groups in total. The molecule has 0 saturated carbocycles. The summed E-state index contributed by atoms with van der Waals surface area (Å²) in [6.07, 6.45) is 1.67. The van der Waals surface area contributed by atoms with E-state index in [9.17, 15) is 14.4 Å². The van der Waals surface area contributed by atoms with E-state index in [1.54, 1.807) is 43.5 Å². The van der Waals surface area contributed by atoms with Crippen molar-refractivity contribution in [2.24, 2.45) is 0 Å². The van der Waals surface area contributed by atoms with Crippen LogP contribution in [0.4, 0.5) is 10.5 Å². The number of fused-ring (bicyclic) bond motifs is 1. The van der Waals surface area contributed by atoms with Gasteiger partial charge in [0.05, 0.1) is 11.2 Å². The highest BCUT2D eigenvalue weighted by atomic mass is 16.2. The minimum Gasteiger partial charge on any atom is -0.324 e. The first kappa shape index (κ1) is 18.6. The van der Waals surface area contributed by atoms with Gasteiger partial charge >= 0.3 is 6.03 Å². The summed E-state index contributed by atoms with van der Waals surface area (Å²) in [5.74, 6) is -0.918. The number of imide groups is 1. The molecule has 0 unspecified atom stereocenters. The number of carbonyl (C=O) groups excluding carboxylic acids is 3. The molecule has 1 atom stereocenters. The van der Waals surface area contributed by atoms with Crippen LogP contribution in [0.15, 0.2) is 60.8 Å². The van der Waals surface area contributed by atoms with Crippen LogP contribution >= 0.6 is 0 Å². The molecule has 3 aromatic rings. The van der Waals surface area contributed by atoms with Crippen LogP contribution in [0.25, 0.3) is 10.9 Å². The highest BCUT2D eigenvalue weighted by Crippen LogP contribution is 2.29. The van der Waals surface area contributed by atoms with Gasteiger partial charge in [-0.3, -0.25) is 19.5 Å². The summed E-state index contributed by atoms with van der Waals surface area (Å²) >= 11 is 0. The zero-order valence-corrected chi connectivity index (χ0v) is 16.1. The van der Waals surface area contributed by atoms with Gasteiger partial charge in [0.2, 0.25) is 5.91 Å². The summed E-state index contributed by atoms with van der Waals surface area (Å²) < 4.78 is 0. The average Bonchev–Trinajstić information content (AvgIpc) is 2.92. The lowest BCUT2D eigenvalue weighted by atomic mass is 9.91. The van der Waals surface area contributed by atoms with Crippen molar-refractivity contribution in [1.29, 1.82) is 0 Å². The Kier molecular flexibility index (Phi) is 4.50. The summed E-state index contributed by atoms with van der Waals surface area (Å²) in [5, 5.41) is 6.27. The van der Waals surface area contributed by atoms with Gasteiger partial charge in [0.15, 0.2) is 0 Å².